The number of halogens is 1. The summed E-state index contributed by atoms with van der Waals surface area (Å²) in [5.74, 6) is 1.22. The number of hydrogen-bond acceptors (Lipinski definition) is 6. The van der Waals surface area contributed by atoms with Crippen molar-refractivity contribution in [2.45, 2.75) is 77.4 Å². The predicted octanol–water partition coefficient (Wildman–Crippen LogP) is 4.62. The Labute approximate surface area is 181 Å². The second kappa shape index (κ2) is 9.90. The predicted molar refractivity (Wildman–Crippen MR) is 124 cm³/mol. The van der Waals surface area contributed by atoms with E-state index in [-0.39, 0.29) is 16.4 Å². The van der Waals surface area contributed by atoms with Crippen molar-refractivity contribution < 1.29 is 0 Å². The first-order valence-corrected chi connectivity index (χ1v) is 10.9. The molecule has 2 heterocycles. The van der Waals surface area contributed by atoms with Crippen molar-refractivity contribution in [2.24, 2.45) is 0 Å². The van der Waals surface area contributed by atoms with E-state index >= 15 is 0 Å². The van der Waals surface area contributed by atoms with Crippen LogP contribution in [0.4, 0.5) is 11.9 Å². The molecule has 0 saturated carbocycles. The Morgan fingerprint density at radius 2 is 1.59 bits per heavy atom. The highest BCUT2D eigenvalue weighted by molar-refractivity contribution is 6.28. The van der Waals surface area contributed by atoms with Gasteiger partial charge in [0.15, 0.2) is 0 Å². The maximum atomic E-state index is 6.34. The molecule has 1 aliphatic rings. The molecule has 1 saturated heterocycles. The van der Waals surface area contributed by atoms with Crippen LogP contribution >= 0.6 is 11.6 Å². The molecule has 29 heavy (non-hydrogen) atoms. The zero-order valence-corrected chi connectivity index (χ0v) is 19.5. The molecule has 1 aliphatic heterocycles. The van der Waals surface area contributed by atoms with E-state index in [2.05, 4.69) is 68.0 Å². The number of rotatable bonds is 10. The number of piperidine rings is 1. The van der Waals surface area contributed by atoms with Crippen LogP contribution in [0.15, 0.2) is 25.3 Å². The van der Waals surface area contributed by atoms with Crippen LogP contribution in [0.25, 0.3) is 0 Å². The van der Waals surface area contributed by atoms with Crippen LogP contribution in [-0.2, 0) is 0 Å². The van der Waals surface area contributed by atoms with Gasteiger partial charge in [-0.15, -0.1) is 13.2 Å². The van der Waals surface area contributed by atoms with Crippen LogP contribution in [0.2, 0.25) is 5.28 Å². The van der Waals surface area contributed by atoms with Gasteiger partial charge in [-0.05, 0) is 58.6 Å². The normalized spacial score (nSPS) is 18.3. The molecule has 0 amide bonds. The zero-order chi connectivity index (χ0) is 21.7. The van der Waals surface area contributed by atoms with Crippen molar-refractivity contribution in [3.8, 4) is 0 Å². The second-order valence-corrected chi connectivity index (χ2v) is 9.53. The summed E-state index contributed by atoms with van der Waals surface area (Å²) in [6, 6.07) is 0.325. The number of nitrogens with one attached hydrogen (secondary N) is 1. The summed E-state index contributed by atoms with van der Waals surface area (Å²) in [6.45, 7) is 21.1. The maximum Gasteiger partial charge on any atom is 0.232 e. The molecule has 162 valence electrons. The minimum Gasteiger partial charge on any atom is -0.338 e. The molecule has 2 rings (SSSR count). The molecule has 0 radical (unpaired) electrons. The Bertz CT molecular complexity index is 677. The monoisotopic (exact) mass is 420 g/mol. The molecule has 1 aromatic heterocycles. The van der Waals surface area contributed by atoms with E-state index in [1.165, 1.54) is 0 Å². The van der Waals surface area contributed by atoms with Crippen LogP contribution in [0.3, 0.4) is 0 Å². The van der Waals surface area contributed by atoms with Crippen LogP contribution in [0.1, 0.15) is 60.3 Å². The lowest BCUT2D eigenvalue weighted by Gasteiger charge is -2.49. The molecule has 0 aliphatic carbocycles. The molecular formula is C22H37ClN6. The van der Waals surface area contributed by atoms with Gasteiger partial charge in [-0.1, -0.05) is 25.5 Å². The van der Waals surface area contributed by atoms with Gasteiger partial charge < -0.3 is 15.1 Å². The van der Waals surface area contributed by atoms with Gasteiger partial charge in [-0.2, -0.15) is 15.0 Å². The first kappa shape index (κ1) is 23.6. The first-order valence-electron chi connectivity index (χ1n) is 10.5. The molecule has 0 atom stereocenters. The van der Waals surface area contributed by atoms with Gasteiger partial charge in [-0.3, -0.25) is 0 Å². The highest BCUT2D eigenvalue weighted by Crippen LogP contribution is 2.33. The molecular weight excluding hydrogens is 384 g/mol. The van der Waals surface area contributed by atoms with Gasteiger partial charge in [0.05, 0.1) is 0 Å². The Hall–Kier alpha value is -1.66. The number of hydrogen-bond donors (Lipinski definition) is 1. The van der Waals surface area contributed by atoms with E-state index in [0.29, 0.717) is 31.0 Å². The molecule has 0 bridgehead atoms. The number of nitrogens with zero attached hydrogens (tertiary/aromatic N) is 5. The number of unbranched alkanes of at least 4 members (excludes halogenated alkanes) is 1. The highest BCUT2D eigenvalue weighted by atomic mass is 35.5. The summed E-state index contributed by atoms with van der Waals surface area (Å²) in [7, 11) is 0. The fourth-order valence-corrected chi connectivity index (χ4v) is 4.56. The fourth-order valence-electron chi connectivity index (χ4n) is 4.41. The molecule has 7 heteroatoms. The van der Waals surface area contributed by atoms with Crippen molar-refractivity contribution in [2.75, 3.05) is 29.4 Å². The maximum absolute atomic E-state index is 6.34. The summed E-state index contributed by atoms with van der Waals surface area (Å²) >= 11 is 6.34. The standard InChI is InChI=1S/C22H37ClN6/c1-8-11-14-29(17-15-21(4,5)27-22(6,7)16-17)20-25-18(23)24-19(26-20)28(12-9-2)13-10-3/h9-10,17,27H,2-3,8,11-16H2,1,4-7H3. The fraction of sp³-hybridized carbons (Fsp3) is 0.682. The van der Waals surface area contributed by atoms with Crippen molar-refractivity contribution in [3.05, 3.63) is 30.6 Å². The minimum atomic E-state index is 0.0360. The molecule has 0 spiro atoms. The van der Waals surface area contributed by atoms with Crippen LogP contribution in [0.5, 0.6) is 0 Å². The van der Waals surface area contributed by atoms with Crippen molar-refractivity contribution in [1.29, 1.82) is 0 Å². The van der Waals surface area contributed by atoms with E-state index in [1.807, 2.05) is 17.1 Å². The Balaban J connectivity index is 2.43. The smallest absolute Gasteiger partial charge is 0.232 e. The number of aromatic nitrogens is 3. The van der Waals surface area contributed by atoms with Crippen molar-refractivity contribution in [1.82, 2.24) is 20.3 Å². The molecule has 1 fully saturated rings. The summed E-state index contributed by atoms with van der Waals surface area (Å²) < 4.78 is 0. The SMILES string of the molecule is C=CCN(CC=C)c1nc(Cl)nc(N(CCCC)C2CC(C)(C)NC(C)(C)C2)n1. The van der Waals surface area contributed by atoms with E-state index in [4.69, 9.17) is 16.6 Å². The molecule has 1 N–H and O–H groups in total. The lowest BCUT2D eigenvalue weighted by molar-refractivity contribution is 0.157. The zero-order valence-electron chi connectivity index (χ0n) is 18.7. The summed E-state index contributed by atoms with van der Waals surface area (Å²) in [6.07, 6.45) is 7.87. The van der Waals surface area contributed by atoms with Crippen molar-refractivity contribution in [3.63, 3.8) is 0 Å². The average molecular weight is 421 g/mol. The highest BCUT2D eigenvalue weighted by Gasteiger charge is 2.40. The van der Waals surface area contributed by atoms with E-state index in [1.54, 1.807) is 0 Å². The first-order chi connectivity index (χ1) is 13.6. The Kier molecular flexibility index (Phi) is 8.06. The van der Waals surface area contributed by atoms with Gasteiger partial charge in [0.2, 0.25) is 17.2 Å². The molecule has 1 aromatic rings. The molecule has 6 nitrogen and oxygen atoms in total. The van der Waals surface area contributed by atoms with Gasteiger partial charge in [0.1, 0.15) is 0 Å². The number of anilines is 2. The lowest BCUT2D eigenvalue weighted by Crippen LogP contribution is -2.62. The van der Waals surface area contributed by atoms with E-state index < -0.39 is 0 Å². The van der Waals surface area contributed by atoms with E-state index in [9.17, 15) is 0 Å². The molecule has 0 aromatic carbocycles. The average Bonchev–Trinajstić information content (AvgIpc) is 2.59. The van der Waals surface area contributed by atoms with Gasteiger partial charge in [0.25, 0.3) is 0 Å². The Morgan fingerprint density at radius 1 is 1.03 bits per heavy atom. The van der Waals surface area contributed by atoms with Crippen molar-refractivity contribution >= 4 is 23.5 Å². The third-order valence-corrected chi connectivity index (χ3v) is 5.35. The van der Waals surface area contributed by atoms with Gasteiger partial charge in [-0.25, -0.2) is 0 Å². The van der Waals surface area contributed by atoms with Gasteiger partial charge in [0, 0.05) is 36.8 Å². The largest absolute Gasteiger partial charge is 0.338 e. The second-order valence-electron chi connectivity index (χ2n) is 9.19. The Morgan fingerprint density at radius 3 is 2.10 bits per heavy atom. The van der Waals surface area contributed by atoms with Gasteiger partial charge >= 0.3 is 0 Å². The minimum absolute atomic E-state index is 0.0360. The summed E-state index contributed by atoms with van der Waals surface area (Å²) in [5.41, 5.74) is 0.0719. The quantitative estimate of drug-likeness (QED) is 0.557. The topological polar surface area (TPSA) is 57.2 Å². The summed E-state index contributed by atoms with van der Waals surface area (Å²) in [4.78, 5) is 18.1. The lowest BCUT2D eigenvalue weighted by atomic mass is 9.79. The third kappa shape index (κ3) is 6.68. The third-order valence-electron chi connectivity index (χ3n) is 5.19. The van der Waals surface area contributed by atoms with Crippen LogP contribution in [0, 0.1) is 0 Å². The van der Waals surface area contributed by atoms with Crippen LogP contribution in [-0.4, -0.2) is 51.7 Å². The van der Waals surface area contributed by atoms with Crippen LogP contribution < -0.4 is 15.1 Å². The molecule has 0 unspecified atom stereocenters. The summed E-state index contributed by atoms with van der Waals surface area (Å²) in [5, 5.41) is 3.98. The van der Waals surface area contributed by atoms with E-state index in [0.717, 1.165) is 32.2 Å².